The number of hydrogen-bond donors (Lipinski definition) is 0. The molecule has 0 atom stereocenters. The lowest BCUT2D eigenvalue weighted by Crippen LogP contribution is -2.31. The minimum absolute atomic E-state index is 0.552. The average molecular weight is 184 g/mol. The molecule has 3 heteroatoms. The van der Waals surface area contributed by atoms with Crippen LogP contribution in [0.4, 0.5) is 5.13 Å². The van der Waals surface area contributed by atoms with Gasteiger partial charge in [0.2, 0.25) is 0 Å². The van der Waals surface area contributed by atoms with E-state index in [-0.39, 0.29) is 0 Å². The van der Waals surface area contributed by atoms with Gasteiger partial charge in [-0.05, 0) is 20.3 Å². The van der Waals surface area contributed by atoms with E-state index in [1.807, 2.05) is 11.6 Å². The standard InChI is InChI=1S/C9H16N2S/c1-4-6-11(8(2)3)9-10-5-7-12-9/h5,7-8H,4,6H2,1-3H3. The van der Waals surface area contributed by atoms with E-state index in [0.717, 1.165) is 11.7 Å². The van der Waals surface area contributed by atoms with Crippen molar-refractivity contribution in [3.63, 3.8) is 0 Å². The maximum absolute atomic E-state index is 4.30. The van der Waals surface area contributed by atoms with Gasteiger partial charge in [-0.25, -0.2) is 4.98 Å². The highest BCUT2D eigenvalue weighted by atomic mass is 32.1. The maximum Gasteiger partial charge on any atom is 0.185 e. The van der Waals surface area contributed by atoms with E-state index in [2.05, 4.69) is 30.7 Å². The van der Waals surface area contributed by atoms with Gasteiger partial charge in [0.25, 0.3) is 0 Å². The van der Waals surface area contributed by atoms with Crippen LogP contribution < -0.4 is 4.90 Å². The Kier molecular flexibility index (Phi) is 3.53. The van der Waals surface area contributed by atoms with Crippen molar-refractivity contribution in [2.45, 2.75) is 33.2 Å². The molecule has 0 radical (unpaired) electrons. The molecule has 0 aliphatic carbocycles. The smallest absolute Gasteiger partial charge is 0.185 e. The van der Waals surface area contributed by atoms with Crippen LogP contribution in [0.3, 0.4) is 0 Å². The molecule has 1 aromatic heterocycles. The second-order valence-corrected chi connectivity index (χ2v) is 3.97. The zero-order chi connectivity index (χ0) is 8.97. The minimum Gasteiger partial charge on any atom is -0.346 e. The summed E-state index contributed by atoms with van der Waals surface area (Å²) in [6.45, 7) is 7.71. The van der Waals surface area contributed by atoms with E-state index >= 15 is 0 Å². The highest BCUT2D eigenvalue weighted by Crippen LogP contribution is 2.19. The van der Waals surface area contributed by atoms with Gasteiger partial charge < -0.3 is 4.90 Å². The molecule has 1 heterocycles. The monoisotopic (exact) mass is 184 g/mol. The third-order valence-corrected chi connectivity index (χ3v) is 2.56. The average Bonchev–Trinajstić information content (AvgIpc) is 2.51. The van der Waals surface area contributed by atoms with Crippen LogP contribution in [0.1, 0.15) is 27.2 Å². The van der Waals surface area contributed by atoms with E-state index in [1.165, 1.54) is 6.42 Å². The summed E-state index contributed by atoms with van der Waals surface area (Å²) in [7, 11) is 0. The zero-order valence-electron chi connectivity index (χ0n) is 7.95. The topological polar surface area (TPSA) is 16.1 Å². The fraction of sp³-hybridized carbons (Fsp3) is 0.667. The van der Waals surface area contributed by atoms with E-state index in [4.69, 9.17) is 0 Å². The highest BCUT2D eigenvalue weighted by molar-refractivity contribution is 7.13. The van der Waals surface area contributed by atoms with Crippen molar-refractivity contribution in [3.05, 3.63) is 11.6 Å². The number of thiazole rings is 1. The number of hydrogen-bond acceptors (Lipinski definition) is 3. The largest absolute Gasteiger partial charge is 0.346 e. The fourth-order valence-electron chi connectivity index (χ4n) is 1.17. The van der Waals surface area contributed by atoms with Crippen molar-refractivity contribution in [3.8, 4) is 0 Å². The first-order chi connectivity index (χ1) is 5.75. The van der Waals surface area contributed by atoms with Crippen LogP contribution in [0.2, 0.25) is 0 Å². The van der Waals surface area contributed by atoms with Crippen molar-refractivity contribution in [2.75, 3.05) is 11.4 Å². The van der Waals surface area contributed by atoms with Gasteiger partial charge in [0.1, 0.15) is 0 Å². The first kappa shape index (κ1) is 9.52. The van der Waals surface area contributed by atoms with Gasteiger partial charge in [-0.1, -0.05) is 6.92 Å². The lowest BCUT2D eigenvalue weighted by Gasteiger charge is -2.25. The molecule has 0 aliphatic heterocycles. The molecule has 0 aliphatic rings. The van der Waals surface area contributed by atoms with E-state index < -0.39 is 0 Å². The number of aromatic nitrogens is 1. The number of anilines is 1. The lowest BCUT2D eigenvalue weighted by atomic mass is 10.3. The molecule has 0 saturated carbocycles. The van der Waals surface area contributed by atoms with Crippen molar-refractivity contribution in [2.24, 2.45) is 0 Å². The molecule has 0 amide bonds. The first-order valence-electron chi connectivity index (χ1n) is 4.41. The Labute approximate surface area is 78.2 Å². The first-order valence-corrected chi connectivity index (χ1v) is 5.29. The molecule has 68 valence electrons. The molecule has 1 aromatic rings. The maximum atomic E-state index is 4.30. The quantitative estimate of drug-likeness (QED) is 0.715. The summed E-state index contributed by atoms with van der Waals surface area (Å²) in [5.74, 6) is 0. The Morgan fingerprint density at radius 2 is 2.33 bits per heavy atom. The summed E-state index contributed by atoms with van der Waals surface area (Å²) in [5.41, 5.74) is 0. The second-order valence-electron chi connectivity index (χ2n) is 3.10. The van der Waals surface area contributed by atoms with E-state index in [9.17, 15) is 0 Å². The molecule has 0 bridgehead atoms. The van der Waals surface area contributed by atoms with Crippen LogP contribution in [0.25, 0.3) is 0 Å². The fourth-order valence-corrected chi connectivity index (χ4v) is 1.98. The Bertz CT molecular complexity index is 206. The second kappa shape index (κ2) is 4.45. The Morgan fingerprint density at radius 3 is 2.75 bits per heavy atom. The molecule has 0 aromatic carbocycles. The molecule has 0 unspecified atom stereocenters. The lowest BCUT2D eigenvalue weighted by molar-refractivity contribution is 0.669. The van der Waals surface area contributed by atoms with Crippen LogP contribution in [0.5, 0.6) is 0 Å². The van der Waals surface area contributed by atoms with Gasteiger partial charge >= 0.3 is 0 Å². The van der Waals surface area contributed by atoms with Gasteiger partial charge in [-0.3, -0.25) is 0 Å². The van der Waals surface area contributed by atoms with Crippen LogP contribution in [-0.4, -0.2) is 17.6 Å². The van der Waals surface area contributed by atoms with Gasteiger partial charge in [0.15, 0.2) is 5.13 Å². The molecule has 0 saturated heterocycles. The molecule has 0 N–H and O–H groups in total. The zero-order valence-corrected chi connectivity index (χ0v) is 8.77. The van der Waals surface area contributed by atoms with Crippen molar-refractivity contribution in [1.82, 2.24) is 4.98 Å². The van der Waals surface area contributed by atoms with Crippen molar-refractivity contribution < 1.29 is 0 Å². The molecule has 0 fully saturated rings. The molecular weight excluding hydrogens is 168 g/mol. The summed E-state index contributed by atoms with van der Waals surface area (Å²) in [6, 6.07) is 0.552. The van der Waals surface area contributed by atoms with Gasteiger partial charge in [0, 0.05) is 24.2 Å². The Morgan fingerprint density at radius 1 is 1.58 bits per heavy atom. The van der Waals surface area contributed by atoms with E-state index in [1.54, 1.807) is 11.3 Å². The summed E-state index contributed by atoms with van der Waals surface area (Å²) in [4.78, 5) is 6.64. The Hall–Kier alpha value is -0.570. The predicted molar refractivity (Wildman–Crippen MR) is 54.9 cm³/mol. The third-order valence-electron chi connectivity index (χ3n) is 1.75. The van der Waals surface area contributed by atoms with Crippen molar-refractivity contribution >= 4 is 16.5 Å². The number of nitrogens with zero attached hydrogens (tertiary/aromatic N) is 2. The SMILES string of the molecule is CCCN(c1nccs1)C(C)C. The summed E-state index contributed by atoms with van der Waals surface area (Å²) in [6.07, 6.45) is 3.04. The Balaban J connectivity index is 2.66. The van der Waals surface area contributed by atoms with Crippen LogP contribution in [-0.2, 0) is 0 Å². The molecular formula is C9H16N2S. The summed E-state index contributed by atoms with van der Waals surface area (Å²) >= 11 is 1.71. The van der Waals surface area contributed by atoms with Gasteiger partial charge in [-0.15, -0.1) is 11.3 Å². The summed E-state index contributed by atoms with van der Waals surface area (Å²) in [5, 5.41) is 3.17. The van der Waals surface area contributed by atoms with Crippen molar-refractivity contribution in [1.29, 1.82) is 0 Å². The number of rotatable bonds is 4. The summed E-state index contributed by atoms with van der Waals surface area (Å²) < 4.78 is 0. The highest BCUT2D eigenvalue weighted by Gasteiger charge is 2.10. The molecule has 0 spiro atoms. The third kappa shape index (κ3) is 2.21. The van der Waals surface area contributed by atoms with Crippen LogP contribution >= 0.6 is 11.3 Å². The predicted octanol–water partition coefficient (Wildman–Crippen LogP) is 2.77. The molecule has 1 rings (SSSR count). The normalized spacial score (nSPS) is 10.7. The van der Waals surface area contributed by atoms with Crippen LogP contribution in [0, 0.1) is 0 Å². The molecule has 2 nitrogen and oxygen atoms in total. The van der Waals surface area contributed by atoms with Crippen LogP contribution in [0.15, 0.2) is 11.6 Å². The van der Waals surface area contributed by atoms with Gasteiger partial charge in [0.05, 0.1) is 0 Å². The van der Waals surface area contributed by atoms with E-state index in [0.29, 0.717) is 6.04 Å². The minimum atomic E-state index is 0.552. The van der Waals surface area contributed by atoms with Gasteiger partial charge in [-0.2, -0.15) is 0 Å². The molecule has 12 heavy (non-hydrogen) atoms.